The van der Waals surface area contributed by atoms with Crippen LogP contribution in [0.15, 0.2) is 18.2 Å². The molecule has 1 aliphatic heterocycles. The lowest BCUT2D eigenvalue weighted by Crippen LogP contribution is -2.36. The van der Waals surface area contributed by atoms with Gasteiger partial charge < -0.3 is 14.6 Å². The molecule has 1 aromatic heterocycles. The van der Waals surface area contributed by atoms with Crippen LogP contribution in [0.3, 0.4) is 0 Å². The second-order valence-electron chi connectivity index (χ2n) is 4.42. The molecule has 1 saturated heterocycles. The maximum absolute atomic E-state index is 5.40. The van der Waals surface area contributed by atoms with Crippen LogP contribution in [0.1, 0.15) is 12.6 Å². The third kappa shape index (κ3) is 1.91. The van der Waals surface area contributed by atoms with E-state index >= 15 is 0 Å². The second-order valence-corrected chi connectivity index (χ2v) is 4.42. The van der Waals surface area contributed by atoms with Gasteiger partial charge in [-0.05, 0) is 30.7 Å². The monoisotopic (exact) mass is 229 g/mol. The average molecular weight is 229 g/mol. The van der Waals surface area contributed by atoms with Crippen molar-refractivity contribution in [3.8, 4) is 0 Å². The van der Waals surface area contributed by atoms with Crippen LogP contribution >= 0.6 is 0 Å². The molecule has 0 unspecified atom stereocenters. The molecule has 2 heterocycles. The van der Waals surface area contributed by atoms with Gasteiger partial charge in [0, 0.05) is 35.4 Å². The smallest absolute Gasteiger partial charge is 0.0642 e. The van der Waals surface area contributed by atoms with E-state index in [0.29, 0.717) is 0 Å². The topological polar surface area (TPSA) is 28.3 Å². The Morgan fingerprint density at radius 3 is 2.94 bits per heavy atom. The molecule has 1 radical (unpaired) electrons. The van der Waals surface area contributed by atoms with Crippen molar-refractivity contribution >= 4 is 16.6 Å². The first-order chi connectivity index (χ1) is 8.38. The predicted octanol–water partition coefficient (Wildman–Crippen LogP) is 2.37. The first-order valence-electron chi connectivity index (χ1n) is 6.23. The van der Waals surface area contributed by atoms with Gasteiger partial charge in [0.25, 0.3) is 0 Å². The Hall–Kier alpha value is -1.48. The Labute approximate surface area is 101 Å². The summed E-state index contributed by atoms with van der Waals surface area (Å²) >= 11 is 0. The van der Waals surface area contributed by atoms with Crippen LogP contribution in [-0.4, -0.2) is 31.3 Å². The van der Waals surface area contributed by atoms with Gasteiger partial charge in [0.1, 0.15) is 0 Å². The van der Waals surface area contributed by atoms with Crippen LogP contribution in [0, 0.1) is 6.07 Å². The summed E-state index contributed by atoms with van der Waals surface area (Å²) in [6.07, 6.45) is 1.04. The van der Waals surface area contributed by atoms with Gasteiger partial charge in [-0.3, -0.25) is 0 Å². The van der Waals surface area contributed by atoms with E-state index in [1.54, 1.807) is 0 Å². The minimum atomic E-state index is 0.821. The van der Waals surface area contributed by atoms with Gasteiger partial charge in [0.05, 0.1) is 13.2 Å². The molecule has 0 amide bonds. The molecule has 89 valence electrons. The zero-order valence-corrected chi connectivity index (χ0v) is 10.1. The summed E-state index contributed by atoms with van der Waals surface area (Å²) in [6.45, 7) is 5.75. The molecule has 3 nitrogen and oxygen atoms in total. The molecule has 1 aliphatic rings. The van der Waals surface area contributed by atoms with Crippen LogP contribution in [0.2, 0.25) is 0 Å². The third-order valence-electron chi connectivity index (χ3n) is 3.36. The number of benzene rings is 1. The first-order valence-corrected chi connectivity index (χ1v) is 6.23. The lowest BCUT2D eigenvalue weighted by molar-refractivity contribution is 0.123. The third-order valence-corrected chi connectivity index (χ3v) is 3.36. The fraction of sp³-hybridized carbons (Fsp3) is 0.429. The van der Waals surface area contributed by atoms with Crippen LogP contribution in [0.5, 0.6) is 0 Å². The summed E-state index contributed by atoms with van der Waals surface area (Å²) in [7, 11) is 0. The van der Waals surface area contributed by atoms with Gasteiger partial charge in [-0.25, -0.2) is 0 Å². The number of H-pyrrole nitrogens is 1. The van der Waals surface area contributed by atoms with E-state index in [1.807, 2.05) is 6.07 Å². The summed E-state index contributed by atoms with van der Waals surface area (Å²) in [5.74, 6) is 0. The number of hydrogen-bond acceptors (Lipinski definition) is 2. The Bertz CT molecular complexity index is 512. The molecule has 2 aromatic rings. The summed E-state index contributed by atoms with van der Waals surface area (Å²) in [5.41, 5.74) is 3.75. The molecule has 0 aliphatic carbocycles. The molecule has 0 saturated carbocycles. The highest BCUT2D eigenvalue weighted by atomic mass is 16.5. The van der Waals surface area contributed by atoms with E-state index < -0.39 is 0 Å². The number of aryl methyl sites for hydroxylation is 1. The van der Waals surface area contributed by atoms with Crippen molar-refractivity contribution in [1.29, 1.82) is 0 Å². The van der Waals surface area contributed by atoms with Crippen molar-refractivity contribution in [3.63, 3.8) is 0 Å². The summed E-state index contributed by atoms with van der Waals surface area (Å²) in [5, 5.41) is 1.31. The standard InChI is InChI=1S/C14H17N2O/c1-2-11-10-12-13(15-11)4-3-5-14(12)16-6-8-17-9-7-16/h4-5,10,15H,2,6-9H2,1H3. The van der Waals surface area contributed by atoms with Crippen LogP contribution in [-0.2, 0) is 11.2 Å². The lowest BCUT2D eigenvalue weighted by Gasteiger charge is -2.29. The summed E-state index contributed by atoms with van der Waals surface area (Å²) in [6, 6.07) is 9.59. The molecule has 1 N–H and O–H groups in total. The van der Waals surface area contributed by atoms with Crippen molar-refractivity contribution < 1.29 is 4.74 Å². The van der Waals surface area contributed by atoms with Crippen molar-refractivity contribution in [2.75, 3.05) is 31.2 Å². The minimum absolute atomic E-state index is 0.821. The zero-order valence-electron chi connectivity index (χ0n) is 10.1. The number of ether oxygens (including phenoxy) is 1. The van der Waals surface area contributed by atoms with Crippen molar-refractivity contribution in [2.24, 2.45) is 0 Å². The number of anilines is 1. The molecule has 0 spiro atoms. The fourth-order valence-corrected chi connectivity index (χ4v) is 2.39. The van der Waals surface area contributed by atoms with Crippen molar-refractivity contribution in [2.45, 2.75) is 13.3 Å². The maximum atomic E-state index is 5.40. The number of morpholine rings is 1. The van der Waals surface area contributed by atoms with E-state index in [2.05, 4.69) is 35.0 Å². The molecule has 0 bridgehead atoms. The average Bonchev–Trinajstić information content (AvgIpc) is 2.82. The maximum Gasteiger partial charge on any atom is 0.0642 e. The Morgan fingerprint density at radius 1 is 1.35 bits per heavy atom. The lowest BCUT2D eigenvalue weighted by atomic mass is 10.2. The first kappa shape index (κ1) is 10.7. The largest absolute Gasteiger partial charge is 0.378 e. The Kier molecular flexibility index (Phi) is 2.77. The van der Waals surface area contributed by atoms with Gasteiger partial charge in [0.15, 0.2) is 0 Å². The number of hydrogen-bond donors (Lipinski definition) is 1. The number of fused-ring (bicyclic) bond motifs is 1. The minimum Gasteiger partial charge on any atom is -0.378 e. The van der Waals surface area contributed by atoms with E-state index in [4.69, 9.17) is 4.74 Å². The zero-order chi connectivity index (χ0) is 11.7. The highest BCUT2D eigenvalue weighted by molar-refractivity contribution is 5.93. The van der Waals surface area contributed by atoms with E-state index in [1.165, 1.54) is 22.3 Å². The molecule has 1 fully saturated rings. The molecule has 3 heteroatoms. The van der Waals surface area contributed by atoms with Gasteiger partial charge in [-0.1, -0.05) is 6.92 Å². The predicted molar refractivity (Wildman–Crippen MR) is 69.5 cm³/mol. The molecule has 17 heavy (non-hydrogen) atoms. The fourth-order valence-electron chi connectivity index (χ4n) is 2.39. The number of rotatable bonds is 2. The van der Waals surface area contributed by atoms with Crippen molar-refractivity contribution in [1.82, 2.24) is 4.98 Å². The van der Waals surface area contributed by atoms with Gasteiger partial charge in [0.2, 0.25) is 0 Å². The van der Waals surface area contributed by atoms with Crippen LogP contribution < -0.4 is 4.90 Å². The summed E-state index contributed by atoms with van der Waals surface area (Å²) < 4.78 is 5.40. The number of nitrogens with one attached hydrogen (secondary N) is 1. The van der Waals surface area contributed by atoms with E-state index in [9.17, 15) is 0 Å². The van der Waals surface area contributed by atoms with Gasteiger partial charge >= 0.3 is 0 Å². The molecule has 3 rings (SSSR count). The molecule has 0 atom stereocenters. The Balaban J connectivity index is 2.05. The quantitative estimate of drug-likeness (QED) is 0.856. The second kappa shape index (κ2) is 4.41. The number of aromatic nitrogens is 1. The van der Waals surface area contributed by atoms with Crippen molar-refractivity contribution in [3.05, 3.63) is 30.0 Å². The molecular weight excluding hydrogens is 212 g/mol. The number of aromatic amines is 1. The van der Waals surface area contributed by atoms with Crippen LogP contribution in [0.25, 0.3) is 10.9 Å². The normalized spacial score (nSPS) is 16.6. The van der Waals surface area contributed by atoms with Gasteiger partial charge in [-0.15, -0.1) is 0 Å². The highest BCUT2D eigenvalue weighted by Crippen LogP contribution is 2.28. The highest BCUT2D eigenvalue weighted by Gasteiger charge is 2.14. The molecular formula is C14H17N2O. The number of nitrogens with zero attached hydrogens (tertiary/aromatic N) is 1. The van der Waals surface area contributed by atoms with Gasteiger partial charge in [-0.2, -0.15) is 0 Å². The molecule has 1 aromatic carbocycles. The summed E-state index contributed by atoms with van der Waals surface area (Å²) in [4.78, 5) is 5.82. The van der Waals surface area contributed by atoms with E-state index in [-0.39, 0.29) is 0 Å². The van der Waals surface area contributed by atoms with Crippen LogP contribution in [0.4, 0.5) is 5.69 Å². The SMILES string of the molecule is CCc1cc2c(N3CCOCC3)c[c]cc2[nH]1. The van der Waals surface area contributed by atoms with E-state index in [0.717, 1.165) is 32.7 Å². The Morgan fingerprint density at radius 2 is 2.18 bits per heavy atom.